The molecule has 0 aliphatic carbocycles. The van der Waals surface area contributed by atoms with Crippen LogP contribution in [-0.2, 0) is 38.7 Å². The summed E-state index contributed by atoms with van der Waals surface area (Å²) in [5.41, 5.74) is 1.77. The fourth-order valence-corrected chi connectivity index (χ4v) is 6.15. The van der Waals surface area contributed by atoms with Crippen LogP contribution in [0.3, 0.4) is 0 Å². The topological polar surface area (TPSA) is 178 Å². The van der Waals surface area contributed by atoms with Gasteiger partial charge < -0.3 is 35.5 Å². The van der Waals surface area contributed by atoms with E-state index < -0.39 is 29.9 Å². The number of hydrogen-bond donors (Lipinski definition) is 4. The number of hydrogen-bond acceptors (Lipinski definition) is 10. The van der Waals surface area contributed by atoms with E-state index in [9.17, 15) is 19.2 Å². The van der Waals surface area contributed by atoms with Gasteiger partial charge in [0.25, 0.3) is 0 Å². The summed E-state index contributed by atoms with van der Waals surface area (Å²) in [6.07, 6.45) is 0.888. The van der Waals surface area contributed by atoms with Gasteiger partial charge in [0.15, 0.2) is 17.3 Å². The normalized spacial score (nSPS) is 21.3. The number of aryl methyl sites for hydroxylation is 1. The van der Waals surface area contributed by atoms with Crippen molar-refractivity contribution < 1.29 is 33.4 Å². The monoisotopic (exact) mass is 704 g/mol. The summed E-state index contributed by atoms with van der Waals surface area (Å²) >= 11 is 0. The number of aromatic nitrogens is 3. The molecule has 0 radical (unpaired) electrons. The van der Waals surface area contributed by atoms with Gasteiger partial charge in [-0.2, -0.15) is 5.10 Å². The maximum absolute atomic E-state index is 13.9. The standard InChI is InChI=1S/C36H48N8O7/c1-22(2)32-34-39-24(4)42-44(34)20-31(46)37-13-15-43(19-26-17-28(49-5)33-29(18-26)50-21-51-33)14-9-12-30(45)38-23(3)35(47)40-27(36(48)41-32)16-25-10-7-6-8-11-25/h6-8,10-11,17-18,22-23,27,32H,9,12-16,19-21H2,1-5H3,(H,37,46)(H,38,45)(H,40,47)(H,41,48)/t23-,27+,32-/m0/s1. The summed E-state index contributed by atoms with van der Waals surface area (Å²) < 4.78 is 18.2. The van der Waals surface area contributed by atoms with Crippen LogP contribution in [0.15, 0.2) is 42.5 Å². The summed E-state index contributed by atoms with van der Waals surface area (Å²) in [6.45, 7) is 9.05. The Morgan fingerprint density at radius 3 is 2.49 bits per heavy atom. The number of carbonyl (C=O) groups excluding carboxylic acids is 4. The zero-order valence-electron chi connectivity index (χ0n) is 29.9. The molecule has 15 nitrogen and oxygen atoms in total. The van der Waals surface area contributed by atoms with Crippen molar-refractivity contribution in [3.05, 3.63) is 65.2 Å². The number of carbonyl (C=O) groups is 4. The van der Waals surface area contributed by atoms with Crippen molar-refractivity contribution >= 4 is 23.6 Å². The van der Waals surface area contributed by atoms with Gasteiger partial charge in [-0.25, -0.2) is 9.67 Å². The summed E-state index contributed by atoms with van der Waals surface area (Å²) in [5, 5.41) is 16.2. The van der Waals surface area contributed by atoms with E-state index in [0.29, 0.717) is 61.5 Å². The second-order valence-corrected chi connectivity index (χ2v) is 13.2. The first-order valence-electron chi connectivity index (χ1n) is 17.3. The third kappa shape index (κ3) is 9.96. The molecule has 0 saturated heterocycles. The molecule has 3 heterocycles. The van der Waals surface area contributed by atoms with Gasteiger partial charge in [-0.05, 0) is 56.0 Å². The third-order valence-electron chi connectivity index (χ3n) is 8.78. The van der Waals surface area contributed by atoms with Crippen LogP contribution in [0.4, 0.5) is 0 Å². The third-order valence-corrected chi connectivity index (χ3v) is 8.78. The highest BCUT2D eigenvalue weighted by atomic mass is 16.7. The van der Waals surface area contributed by atoms with Crippen LogP contribution >= 0.6 is 0 Å². The molecular formula is C36H48N8O7. The molecule has 51 heavy (non-hydrogen) atoms. The van der Waals surface area contributed by atoms with E-state index in [4.69, 9.17) is 14.2 Å². The molecule has 2 aliphatic heterocycles. The van der Waals surface area contributed by atoms with E-state index in [2.05, 4.69) is 36.2 Å². The lowest BCUT2D eigenvalue weighted by atomic mass is 10.0. The molecule has 1 aromatic heterocycles. The number of rotatable bonds is 6. The van der Waals surface area contributed by atoms with Crippen molar-refractivity contribution in [2.45, 2.75) is 78.2 Å². The molecule has 3 aromatic rings. The molecule has 0 spiro atoms. The second kappa shape index (κ2) is 17.2. The smallest absolute Gasteiger partial charge is 0.243 e. The molecule has 2 aliphatic rings. The van der Waals surface area contributed by atoms with Crippen LogP contribution in [0.25, 0.3) is 0 Å². The Morgan fingerprint density at radius 1 is 0.961 bits per heavy atom. The lowest BCUT2D eigenvalue weighted by Gasteiger charge is -2.27. The number of benzene rings is 2. The van der Waals surface area contributed by atoms with Gasteiger partial charge in [-0.15, -0.1) is 0 Å². The predicted octanol–water partition coefficient (Wildman–Crippen LogP) is 1.78. The number of methoxy groups -OCH3 is 1. The molecule has 0 unspecified atom stereocenters. The highest BCUT2D eigenvalue weighted by molar-refractivity contribution is 5.92. The van der Waals surface area contributed by atoms with Gasteiger partial charge in [0, 0.05) is 32.5 Å². The minimum Gasteiger partial charge on any atom is -0.493 e. The van der Waals surface area contributed by atoms with Crippen molar-refractivity contribution in [1.82, 2.24) is 40.9 Å². The first-order valence-corrected chi connectivity index (χ1v) is 17.3. The van der Waals surface area contributed by atoms with Crippen LogP contribution in [-0.4, -0.2) is 88.9 Å². The largest absolute Gasteiger partial charge is 0.493 e. The molecule has 274 valence electrons. The number of amides is 4. The second-order valence-electron chi connectivity index (χ2n) is 13.2. The van der Waals surface area contributed by atoms with Crippen molar-refractivity contribution in [3.8, 4) is 17.2 Å². The fourth-order valence-electron chi connectivity index (χ4n) is 6.15. The lowest BCUT2D eigenvalue weighted by Crippen LogP contribution is -2.54. The average Bonchev–Trinajstić information content (AvgIpc) is 3.71. The highest BCUT2D eigenvalue weighted by Gasteiger charge is 2.31. The Balaban J connectivity index is 1.39. The molecule has 0 bridgehead atoms. The summed E-state index contributed by atoms with van der Waals surface area (Å²) in [6, 6.07) is 10.7. The van der Waals surface area contributed by atoms with E-state index >= 15 is 0 Å². The van der Waals surface area contributed by atoms with Gasteiger partial charge in [-0.3, -0.25) is 24.1 Å². The Kier molecular flexibility index (Phi) is 12.5. The molecule has 0 fully saturated rings. The molecule has 0 saturated carbocycles. The molecule has 15 heteroatoms. The van der Waals surface area contributed by atoms with Crippen LogP contribution in [0, 0.1) is 12.8 Å². The molecule has 3 atom stereocenters. The van der Waals surface area contributed by atoms with Crippen molar-refractivity contribution in [2.24, 2.45) is 5.92 Å². The van der Waals surface area contributed by atoms with Gasteiger partial charge in [0.2, 0.25) is 36.2 Å². The lowest BCUT2D eigenvalue weighted by molar-refractivity contribution is -0.132. The van der Waals surface area contributed by atoms with Gasteiger partial charge >= 0.3 is 0 Å². The van der Waals surface area contributed by atoms with Gasteiger partial charge in [-0.1, -0.05) is 44.2 Å². The zero-order chi connectivity index (χ0) is 36.5. The number of ether oxygens (including phenoxy) is 3. The molecular weight excluding hydrogens is 656 g/mol. The Hall–Kier alpha value is -5.18. The Morgan fingerprint density at radius 2 is 1.75 bits per heavy atom. The van der Waals surface area contributed by atoms with Crippen molar-refractivity contribution in [1.29, 1.82) is 0 Å². The summed E-state index contributed by atoms with van der Waals surface area (Å²) in [4.78, 5) is 60.3. The maximum atomic E-state index is 13.9. The molecule has 5 rings (SSSR count). The van der Waals surface area contributed by atoms with Crippen LogP contribution in [0.2, 0.25) is 0 Å². The van der Waals surface area contributed by atoms with E-state index in [1.807, 2.05) is 56.3 Å². The Bertz CT molecular complexity index is 1700. The van der Waals surface area contributed by atoms with Gasteiger partial charge in [0.1, 0.15) is 24.5 Å². The Labute approximate surface area is 297 Å². The van der Waals surface area contributed by atoms with Crippen molar-refractivity contribution in [3.63, 3.8) is 0 Å². The first-order chi connectivity index (χ1) is 24.5. The van der Waals surface area contributed by atoms with E-state index in [1.54, 1.807) is 21.0 Å². The van der Waals surface area contributed by atoms with Crippen LogP contribution in [0.5, 0.6) is 17.2 Å². The average molecular weight is 705 g/mol. The van der Waals surface area contributed by atoms with E-state index in [1.165, 1.54) is 4.68 Å². The molecule has 4 N–H and O–H groups in total. The highest BCUT2D eigenvalue weighted by Crippen LogP contribution is 2.42. The number of nitrogens with zero attached hydrogens (tertiary/aromatic N) is 4. The minimum absolute atomic E-state index is 0.101. The predicted molar refractivity (Wildman–Crippen MR) is 187 cm³/mol. The van der Waals surface area contributed by atoms with Crippen molar-refractivity contribution in [2.75, 3.05) is 33.5 Å². The van der Waals surface area contributed by atoms with E-state index in [0.717, 1.165) is 11.1 Å². The van der Waals surface area contributed by atoms with Crippen LogP contribution < -0.4 is 35.5 Å². The number of nitrogens with one attached hydrogen (secondary N) is 4. The van der Waals surface area contributed by atoms with Crippen LogP contribution in [0.1, 0.15) is 62.4 Å². The SMILES string of the molecule is COc1cc(CN2CCCC(=O)N[C@@H](C)C(=O)N[C@H](Cc3ccccc3)C(=O)N[C@@H](C(C)C)c3nc(C)nn3CC(=O)NCC2)cc2c1OCO2. The zero-order valence-corrected chi connectivity index (χ0v) is 29.9. The molecule has 4 amide bonds. The summed E-state index contributed by atoms with van der Waals surface area (Å²) in [7, 11) is 1.57. The quantitative estimate of drug-likeness (QED) is 0.296. The number of fused-ring (bicyclic) bond motifs is 2. The first kappa shape index (κ1) is 37.1. The van der Waals surface area contributed by atoms with Gasteiger partial charge in [0.05, 0.1) is 13.2 Å². The fraction of sp³-hybridized carbons (Fsp3) is 0.500. The maximum Gasteiger partial charge on any atom is 0.243 e. The molecule has 2 aromatic carbocycles. The van der Waals surface area contributed by atoms with E-state index in [-0.39, 0.29) is 43.9 Å². The summed E-state index contributed by atoms with van der Waals surface area (Å²) in [5.74, 6) is 1.02. The minimum atomic E-state index is -0.949.